The van der Waals surface area contributed by atoms with E-state index >= 15 is 0 Å². The average molecular weight is 378 g/mol. The maximum Gasteiger partial charge on any atom is 0.232 e. The molecule has 0 aliphatic rings. The smallest absolute Gasteiger partial charge is 0.232 e. The number of ether oxygens (including phenoxy) is 1. The van der Waals surface area contributed by atoms with Crippen LogP contribution in [0.15, 0.2) is 73.1 Å². The zero-order valence-corrected chi connectivity index (χ0v) is 15.9. The van der Waals surface area contributed by atoms with Crippen LogP contribution >= 0.6 is 0 Å². The van der Waals surface area contributed by atoms with Gasteiger partial charge in [0.1, 0.15) is 11.6 Å². The average Bonchev–Trinajstić information content (AvgIpc) is 2.69. The summed E-state index contributed by atoms with van der Waals surface area (Å²) in [6.45, 7) is 3.87. The van der Waals surface area contributed by atoms with Crippen LogP contribution in [0.1, 0.15) is 30.9 Å². The van der Waals surface area contributed by atoms with Gasteiger partial charge in [0.15, 0.2) is 0 Å². The normalized spacial score (nSPS) is 11.9. The number of anilines is 1. The second-order valence-electron chi connectivity index (χ2n) is 6.82. The third-order valence-electron chi connectivity index (χ3n) is 4.26. The molecule has 0 aliphatic carbocycles. The molecule has 0 aliphatic heterocycles. The molecule has 0 spiro atoms. The van der Waals surface area contributed by atoms with Crippen molar-refractivity contribution in [3.05, 3.63) is 90.0 Å². The summed E-state index contributed by atoms with van der Waals surface area (Å²) in [5, 5.41) is 2.97. The molecule has 0 radical (unpaired) electrons. The maximum atomic E-state index is 13.4. The largest absolute Gasteiger partial charge is 0.489 e. The Morgan fingerprint density at radius 2 is 1.82 bits per heavy atom. The van der Waals surface area contributed by atoms with E-state index in [4.69, 9.17) is 4.74 Å². The van der Waals surface area contributed by atoms with Crippen LogP contribution in [0.3, 0.4) is 0 Å². The van der Waals surface area contributed by atoms with Crippen molar-refractivity contribution in [2.24, 2.45) is 0 Å². The molecule has 1 heterocycles. The van der Waals surface area contributed by atoms with E-state index in [1.165, 1.54) is 12.1 Å². The van der Waals surface area contributed by atoms with E-state index < -0.39 is 5.92 Å². The van der Waals surface area contributed by atoms with Crippen molar-refractivity contribution in [3.8, 4) is 5.75 Å². The number of nitrogens with zero attached hydrogens (tertiary/aromatic N) is 1. The van der Waals surface area contributed by atoms with Gasteiger partial charge in [-0.1, -0.05) is 30.3 Å². The van der Waals surface area contributed by atoms with Crippen molar-refractivity contribution in [2.75, 3.05) is 5.32 Å². The number of nitrogens with one attached hydrogen (secondary N) is 1. The second kappa shape index (κ2) is 9.13. The lowest BCUT2D eigenvalue weighted by Gasteiger charge is -2.20. The van der Waals surface area contributed by atoms with Gasteiger partial charge in [-0.15, -0.1) is 0 Å². The van der Waals surface area contributed by atoms with Crippen molar-refractivity contribution >= 4 is 11.6 Å². The molecule has 3 rings (SSSR count). The topological polar surface area (TPSA) is 51.2 Å². The predicted molar refractivity (Wildman–Crippen MR) is 108 cm³/mol. The Bertz CT molecular complexity index is 911. The molecule has 3 aromatic rings. The summed E-state index contributed by atoms with van der Waals surface area (Å²) < 4.78 is 19.2. The molecule has 144 valence electrons. The number of rotatable bonds is 7. The van der Waals surface area contributed by atoms with Crippen LogP contribution in [-0.4, -0.2) is 17.0 Å². The quantitative estimate of drug-likeness (QED) is 0.631. The van der Waals surface area contributed by atoms with E-state index in [1.54, 1.807) is 30.6 Å². The molecule has 0 bridgehead atoms. The molecule has 1 amide bonds. The van der Waals surface area contributed by atoms with Gasteiger partial charge in [-0.05, 0) is 61.7 Å². The number of aromatic nitrogens is 1. The van der Waals surface area contributed by atoms with Gasteiger partial charge in [0.2, 0.25) is 5.91 Å². The highest BCUT2D eigenvalue weighted by molar-refractivity contribution is 5.97. The van der Waals surface area contributed by atoms with E-state index in [2.05, 4.69) is 10.3 Å². The first-order chi connectivity index (χ1) is 13.5. The molecular weight excluding hydrogens is 355 g/mol. The first kappa shape index (κ1) is 19.5. The van der Waals surface area contributed by atoms with Crippen LogP contribution in [0, 0.1) is 5.82 Å². The number of carbonyl (C=O) groups is 1. The Kier molecular flexibility index (Phi) is 6.37. The number of benzene rings is 2. The SMILES string of the molecule is CC(C)Oc1ccccc1NC(=O)C(Cc1cccnc1)c1ccc(F)cc1. The summed E-state index contributed by atoms with van der Waals surface area (Å²) in [5.74, 6) is -0.391. The summed E-state index contributed by atoms with van der Waals surface area (Å²) in [4.78, 5) is 17.3. The van der Waals surface area contributed by atoms with Crippen molar-refractivity contribution in [1.29, 1.82) is 0 Å². The molecule has 4 nitrogen and oxygen atoms in total. The number of amides is 1. The molecule has 0 saturated heterocycles. The summed E-state index contributed by atoms with van der Waals surface area (Å²) in [6.07, 6.45) is 3.87. The standard InChI is InChI=1S/C23H23FN2O2/c1-16(2)28-22-8-4-3-7-21(22)26-23(27)20(14-17-6-5-13-25-15-17)18-9-11-19(24)12-10-18/h3-13,15-16,20H,14H2,1-2H3,(H,26,27). The van der Waals surface area contributed by atoms with Gasteiger partial charge in [0, 0.05) is 12.4 Å². The third kappa shape index (κ3) is 5.16. The van der Waals surface area contributed by atoms with Gasteiger partial charge in [-0.25, -0.2) is 4.39 Å². The lowest BCUT2D eigenvalue weighted by Crippen LogP contribution is -2.23. The summed E-state index contributed by atoms with van der Waals surface area (Å²) >= 11 is 0. The minimum absolute atomic E-state index is 0.0126. The van der Waals surface area contributed by atoms with Crippen molar-refractivity contribution in [3.63, 3.8) is 0 Å². The van der Waals surface area contributed by atoms with Gasteiger partial charge in [0.25, 0.3) is 0 Å². The minimum Gasteiger partial charge on any atom is -0.489 e. The summed E-state index contributed by atoms with van der Waals surface area (Å²) in [5.41, 5.74) is 2.28. The van der Waals surface area contributed by atoms with Gasteiger partial charge >= 0.3 is 0 Å². The number of carbonyl (C=O) groups excluding carboxylic acids is 1. The van der Waals surface area contributed by atoms with E-state index in [9.17, 15) is 9.18 Å². The molecule has 1 N–H and O–H groups in total. The minimum atomic E-state index is -0.489. The molecule has 2 aromatic carbocycles. The predicted octanol–water partition coefficient (Wildman–Crippen LogP) is 4.97. The first-order valence-corrected chi connectivity index (χ1v) is 9.24. The lowest BCUT2D eigenvalue weighted by atomic mass is 9.91. The molecule has 0 fully saturated rings. The van der Waals surface area contributed by atoms with Crippen molar-refractivity contribution < 1.29 is 13.9 Å². The summed E-state index contributed by atoms with van der Waals surface area (Å²) in [7, 11) is 0. The van der Waals surface area contributed by atoms with Gasteiger partial charge in [-0.3, -0.25) is 9.78 Å². The Labute approximate surface area is 164 Å². The number of halogens is 1. The molecule has 5 heteroatoms. The maximum absolute atomic E-state index is 13.4. The Balaban J connectivity index is 1.87. The van der Waals surface area contributed by atoms with Crippen molar-refractivity contribution in [1.82, 2.24) is 4.98 Å². The number of pyridine rings is 1. The Morgan fingerprint density at radius 3 is 2.50 bits per heavy atom. The molecule has 0 saturated carbocycles. The van der Waals surface area contributed by atoms with Gasteiger partial charge in [0.05, 0.1) is 17.7 Å². The van der Waals surface area contributed by atoms with E-state index in [1.807, 2.05) is 44.2 Å². The Hall–Kier alpha value is -3.21. The monoisotopic (exact) mass is 378 g/mol. The van der Waals surface area contributed by atoms with E-state index in [0.29, 0.717) is 17.9 Å². The fraction of sp³-hybridized carbons (Fsp3) is 0.217. The second-order valence-corrected chi connectivity index (χ2v) is 6.82. The highest BCUT2D eigenvalue weighted by Gasteiger charge is 2.22. The van der Waals surface area contributed by atoms with Gasteiger partial charge in [-0.2, -0.15) is 0 Å². The highest BCUT2D eigenvalue weighted by atomic mass is 19.1. The molecular formula is C23H23FN2O2. The van der Waals surface area contributed by atoms with Gasteiger partial charge < -0.3 is 10.1 Å². The molecule has 1 unspecified atom stereocenters. The highest BCUT2D eigenvalue weighted by Crippen LogP contribution is 2.28. The zero-order valence-electron chi connectivity index (χ0n) is 15.9. The zero-order chi connectivity index (χ0) is 19.9. The number of hydrogen-bond acceptors (Lipinski definition) is 3. The van der Waals surface area contributed by atoms with E-state index in [-0.39, 0.29) is 17.8 Å². The summed E-state index contributed by atoms with van der Waals surface area (Å²) in [6, 6.07) is 17.1. The third-order valence-corrected chi connectivity index (χ3v) is 4.26. The van der Waals surface area contributed by atoms with Crippen LogP contribution in [0.4, 0.5) is 10.1 Å². The van der Waals surface area contributed by atoms with Crippen LogP contribution < -0.4 is 10.1 Å². The lowest BCUT2D eigenvalue weighted by molar-refractivity contribution is -0.117. The Morgan fingerprint density at radius 1 is 1.07 bits per heavy atom. The van der Waals surface area contributed by atoms with Crippen LogP contribution in [-0.2, 0) is 11.2 Å². The molecule has 28 heavy (non-hydrogen) atoms. The molecule has 1 aromatic heterocycles. The van der Waals surface area contributed by atoms with Crippen LogP contribution in [0.5, 0.6) is 5.75 Å². The van der Waals surface area contributed by atoms with Crippen molar-refractivity contribution in [2.45, 2.75) is 32.3 Å². The number of hydrogen-bond donors (Lipinski definition) is 1. The van der Waals surface area contributed by atoms with E-state index in [0.717, 1.165) is 11.1 Å². The van der Waals surface area contributed by atoms with Crippen LogP contribution in [0.25, 0.3) is 0 Å². The fourth-order valence-electron chi connectivity index (χ4n) is 2.96. The van der Waals surface area contributed by atoms with Crippen LogP contribution in [0.2, 0.25) is 0 Å². The first-order valence-electron chi connectivity index (χ1n) is 9.24. The molecule has 1 atom stereocenters. The fourth-order valence-corrected chi connectivity index (χ4v) is 2.96. The number of para-hydroxylation sites is 2.